The highest BCUT2D eigenvalue weighted by atomic mass is 32.2. The van der Waals surface area contributed by atoms with Gasteiger partial charge in [-0.2, -0.15) is 11.8 Å². The summed E-state index contributed by atoms with van der Waals surface area (Å²) in [6.45, 7) is 6.27. The van der Waals surface area contributed by atoms with Crippen LogP contribution in [0.1, 0.15) is 29.8 Å². The SMILES string of the molecule is CCN(CC)c1ccc(C(=O)OCC(=O)NCCSCc2ccccc2)cc1. The standard InChI is InChI=1S/C22H28N2O3S/c1-3-24(4-2)20-12-10-19(11-13-20)22(26)27-16-21(25)23-14-15-28-17-18-8-6-5-7-9-18/h5-13H,3-4,14-17H2,1-2H3,(H,23,25). The van der Waals surface area contributed by atoms with Gasteiger partial charge in [0, 0.05) is 36.8 Å². The van der Waals surface area contributed by atoms with Crippen LogP contribution in [0.3, 0.4) is 0 Å². The molecule has 0 fully saturated rings. The fourth-order valence-corrected chi connectivity index (χ4v) is 3.51. The molecule has 2 aromatic carbocycles. The fourth-order valence-electron chi connectivity index (χ4n) is 2.69. The van der Waals surface area contributed by atoms with Gasteiger partial charge in [0.2, 0.25) is 0 Å². The van der Waals surface area contributed by atoms with Crippen LogP contribution < -0.4 is 10.2 Å². The quantitative estimate of drug-likeness (QED) is 0.460. The predicted molar refractivity (Wildman–Crippen MR) is 116 cm³/mol. The number of hydrogen-bond acceptors (Lipinski definition) is 5. The summed E-state index contributed by atoms with van der Waals surface area (Å²) in [6.07, 6.45) is 0. The molecule has 0 aliphatic heterocycles. The molecular weight excluding hydrogens is 372 g/mol. The molecular formula is C22H28N2O3S. The Morgan fingerprint density at radius 3 is 2.32 bits per heavy atom. The molecule has 0 saturated carbocycles. The van der Waals surface area contributed by atoms with Gasteiger partial charge >= 0.3 is 5.97 Å². The number of esters is 1. The Labute approximate surface area is 171 Å². The molecule has 6 heteroatoms. The van der Waals surface area contributed by atoms with E-state index in [0.29, 0.717) is 12.1 Å². The Kier molecular flexibility index (Phi) is 9.42. The van der Waals surface area contributed by atoms with E-state index in [1.165, 1.54) is 5.56 Å². The van der Waals surface area contributed by atoms with Crippen LogP contribution >= 0.6 is 11.8 Å². The number of thioether (sulfide) groups is 1. The summed E-state index contributed by atoms with van der Waals surface area (Å²) >= 11 is 1.75. The topological polar surface area (TPSA) is 58.6 Å². The maximum atomic E-state index is 12.1. The minimum Gasteiger partial charge on any atom is -0.452 e. The number of rotatable bonds is 11. The third-order valence-electron chi connectivity index (χ3n) is 4.25. The normalized spacial score (nSPS) is 10.4. The summed E-state index contributed by atoms with van der Waals surface area (Å²) in [5, 5.41) is 2.77. The minimum atomic E-state index is -0.486. The number of benzene rings is 2. The highest BCUT2D eigenvalue weighted by Gasteiger charge is 2.11. The van der Waals surface area contributed by atoms with Crippen molar-refractivity contribution < 1.29 is 14.3 Å². The van der Waals surface area contributed by atoms with Gasteiger partial charge in [-0.05, 0) is 43.7 Å². The summed E-state index contributed by atoms with van der Waals surface area (Å²) in [6, 6.07) is 17.4. The van der Waals surface area contributed by atoms with Gasteiger partial charge in [0.1, 0.15) is 0 Å². The van der Waals surface area contributed by atoms with Crippen molar-refractivity contribution in [1.29, 1.82) is 0 Å². The number of nitrogens with one attached hydrogen (secondary N) is 1. The van der Waals surface area contributed by atoms with Gasteiger partial charge < -0.3 is 15.0 Å². The smallest absolute Gasteiger partial charge is 0.338 e. The van der Waals surface area contributed by atoms with Crippen LogP contribution in [0.15, 0.2) is 54.6 Å². The van der Waals surface area contributed by atoms with E-state index in [1.54, 1.807) is 23.9 Å². The third kappa shape index (κ3) is 7.27. The number of amides is 1. The van der Waals surface area contributed by atoms with Crippen molar-refractivity contribution in [3.05, 3.63) is 65.7 Å². The Bertz CT molecular complexity index is 731. The van der Waals surface area contributed by atoms with Crippen molar-refractivity contribution in [2.24, 2.45) is 0 Å². The monoisotopic (exact) mass is 400 g/mol. The van der Waals surface area contributed by atoms with E-state index >= 15 is 0 Å². The Morgan fingerprint density at radius 1 is 1.00 bits per heavy atom. The number of ether oxygens (including phenoxy) is 1. The number of carbonyl (C=O) groups excluding carboxylic acids is 2. The molecule has 2 aromatic rings. The van der Waals surface area contributed by atoms with E-state index in [9.17, 15) is 9.59 Å². The third-order valence-corrected chi connectivity index (χ3v) is 5.28. The second kappa shape index (κ2) is 12.1. The van der Waals surface area contributed by atoms with Crippen LogP contribution in [-0.4, -0.2) is 43.9 Å². The molecule has 0 radical (unpaired) electrons. The number of anilines is 1. The highest BCUT2D eigenvalue weighted by molar-refractivity contribution is 7.98. The van der Waals surface area contributed by atoms with E-state index in [1.807, 2.05) is 30.3 Å². The van der Waals surface area contributed by atoms with Crippen molar-refractivity contribution in [2.75, 3.05) is 36.9 Å². The van der Waals surface area contributed by atoms with Gasteiger partial charge in [-0.25, -0.2) is 4.79 Å². The van der Waals surface area contributed by atoms with Crippen LogP contribution in [0.4, 0.5) is 5.69 Å². The molecule has 28 heavy (non-hydrogen) atoms. The van der Waals surface area contributed by atoms with Crippen molar-refractivity contribution in [3.63, 3.8) is 0 Å². The Balaban J connectivity index is 1.64. The van der Waals surface area contributed by atoms with Crippen molar-refractivity contribution in [3.8, 4) is 0 Å². The van der Waals surface area contributed by atoms with Gasteiger partial charge in [-0.15, -0.1) is 0 Å². The fraction of sp³-hybridized carbons (Fsp3) is 0.364. The first-order valence-corrected chi connectivity index (χ1v) is 10.7. The molecule has 1 amide bonds. The van der Waals surface area contributed by atoms with Crippen molar-refractivity contribution >= 4 is 29.3 Å². The molecule has 0 atom stereocenters. The van der Waals surface area contributed by atoms with Gasteiger partial charge in [-0.3, -0.25) is 4.79 Å². The molecule has 0 spiro atoms. The first kappa shape index (κ1) is 21.8. The van der Waals surface area contributed by atoms with Crippen LogP contribution in [-0.2, 0) is 15.3 Å². The molecule has 1 N–H and O–H groups in total. The Morgan fingerprint density at radius 2 is 1.68 bits per heavy atom. The van der Waals surface area contributed by atoms with Gasteiger partial charge in [0.05, 0.1) is 5.56 Å². The summed E-state index contributed by atoms with van der Waals surface area (Å²) < 4.78 is 5.10. The lowest BCUT2D eigenvalue weighted by atomic mass is 10.2. The molecule has 0 saturated heterocycles. The van der Waals surface area contributed by atoms with Crippen molar-refractivity contribution in [1.82, 2.24) is 5.32 Å². The van der Waals surface area contributed by atoms with E-state index in [-0.39, 0.29) is 12.5 Å². The lowest BCUT2D eigenvalue weighted by Gasteiger charge is -2.20. The van der Waals surface area contributed by atoms with E-state index in [2.05, 4.69) is 36.2 Å². The van der Waals surface area contributed by atoms with Crippen LogP contribution in [0.2, 0.25) is 0 Å². The zero-order chi connectivity index (χ0) is 20.2. The first-order valence-electron chi connectivity index (χ1n) is 9.54. The van der Waals surface area contributed by atoms with Crippen molar-refractivity contribution in [2.45, 2.75) is 19.6 Å². The maximum absolute atomic E-state index is 12.1. The molecule has 2 rings (SSSR count). The predicted octanol–water partition coefficient (Wildman–Crippen LogP) is 3.74. The highest BCUT2D eigenvalue weighted by Crippen LogP contribution is 2.15. The largest absolute Gasteiger partial charge is 0.452 e. The summed E-state index contributed by atoms with van der Waals surface area (Å²) in [5.74, 6) is 0.949. The summed E-state index contributed by atoms with van der Waals surface area (Å²) in [7, 11) is 0. The molecule has 150 valence electrons. The van der Waals surface area contributed by atoms with E-state index < -0.39 is 5.97 Å². The van der Waals surface area contributed by atoms with Crippen LogP contribution in [0.25, 0.3) is 0 Å². The van der Waals surface area contributed by atoms with Gasteiger partial charge in [-0.1, -0.05) is 30.3 Å². The maximum Gasteiger partial charge on any atom is 0.338 e. The zero-order valence-corrected chi connectivity index (χ0v) is 17.3. The molecule has 0 aromatic heterocycles. The summed E-state index contributed by atoms with van der Waals surface area (Å²) in [4.78, 5) is 26.1. The molecule has 0 aliphatic carbocycles. The number of nitrogens with zero attached hydrogens (tertiary/aromatic N) is 1. The van der Waals surface area contributed by atoms with Crippen LogP contribution in [0.5, 0.6) is 0 Å². The summed E-state index contributed by atoms with van der Waals surface area (Å²) in [5.41, 5.74) is 2.77. The second-order valence-electron chi connectivity index (χ2n) is 6.18. The second-order valence-corrected chi connectivity index (χ2v) is 7.29. The zero-order valence-electron chi connectivity index (χ0n) is 16.5. The average Bonchev–Trinajstić information content (AvgIpc) is 2.74. The lowest BCUT2D eigenvalue weighted by Crippen LogP contribution is -2.30. The van der Waals surface area contributed by atoms with Crippen LogP contribution in [0, 0.1) is 0 Å². The number of hydrogen-bond donors (Lipinski definition) is 1. The molecule has 0 unspecified atom stereocenters. The lowest BCUT2D eigenvalue weighted by molar-refractivity contribution is -0.124. The Hall–Kier alpha value is -2.47. The molecule has 0 heterocycles. The van der Waals surface area contributed by atoms with Gasteiger partial charge in [0.15, 0.2) is 6.61 Å². The molecule has 0 bridgehead atoms. The first-order chi connectivity index (χ1) is 13.6. The molecule has 5 nitrogen and oxygen atoms in total. The minimum absolute atomic E-state index is 0.264. The number of carbonyl (C=O) groups is 2. The van der Waals surface area contributed by atoms with E-state index in [0.717, 1.165) is 30.3 Å². The average molecular weight is 401 g/mol. The van der Waals surface area contributed by atoms with E-state index in [4.69, 9.17) is 4.74 Å². The molecule has 0 aliphatic rings. The van der Waals surface area contributed by atoms with Gasteiger partial charge in [0.25, 0.3) is 5.91 Å².